The molecule has 1 aromatic rings. The Morgan fingerprint density at radius 2 is 2.08 bits per heavy atom. The summed E-state index contributed by atoms with van der Waals surface area (Å²) in [5.74, 6) is -0.990. The fourth-order valence-electron chi connectivity index (χ4n) is 5.09. The van der Waals surface area contributed by atoms with Crippen LogP contribution in [0, 0.1) is 17.2 Å². The van der Waals surface area contributed by atoms with Crippen molar-refractivity contribution in [2.24, 2.45) is 17.1 Å². The first kappa shape index (κ1) is 16.1. The molecule has 128 valence electrons. The molecular weight excluding hydrogens is 310 g/mol. The molecule has 1 aliphatic heterocycles. The van der Waals surface area contributed by atoms with Gasteiger partial charge in [0.15, 0.2) is 0 Å². The molecule has 1 aromatic carbocycles. The topological polar surface area (TPSA) is 86.8 Å². The summed E-state index contributed by atoms with van der Waals surface area (Å²) in [6, 6.07) is 3.56. The molecule has 3 aliphatic rings. The molecule has 2 saturated carbocycles. The molecule has 2 unspecified atom stereocenters. The first-order valence-corrected chi connectivity index (χ1v) is 8.62. The lowest BCUT2D eigenvalue weighted by Crippen LogP contribution is -2.53. The molecule has 0 saturated heterocycles. The number of halogens is 1. The fraction of sp³-hybridized carbons (Fsp3) is 0.588. The Bertz CT molecular complexity index is 676. The third kappa shape index (κ3) is 2.30. The van der Waals surface area contributed by atoms with Gasteiger partial charge in [0, 0.05) is 6.54 Å². The van der Waals surface area contributed by atoms with Crippen LogP contribution in [0.1, 0.15) is 49.2 Å². The van der Waals surface area contributed by atoms with Crippen molar-refractivity contribution < 1.29 is 19.2 Å². The zero-order chi connectivity index (χ0) is 17.1. The van der Waals surface area contributed by atoms with Crippen LogP contribution in [0.3, 0.4) is 0 Å². The van der Waals surface area contributed by atoms with Gasteiger partial charge in [-0.2, -0.15) is 0 Å². The summed E-state index contributed by atoms with van der Waals surface area (Å²) >= 11 is 0. The van der Waals surface area contributed by atoms with Gasteiger partial charge in [-0.3, -0.25) is 4.79 Å². The first-order valence-electron chi connectivity index (χ1n) is 8.62. The molecule has 4 rings (SSSR count). The molecule has 4 N–H and O–H groups in total. The summed E-state index contributed by atoms with van der Waals surface area (Å²) in [5.41, 5.74) is 7.42. The monoisotopic (exact) mass is 332 g/mol. The second-order valence-corrected chi connectivity index (χ2v) is 7.66. The normalized spacial score (nSPS) is 32.1. The van der Waals surface area contributed by atoms with Crippen LogP contribution in [-0.4, -0.2) is 34.0 Å². The standard InChI is InChI=1S/C17H22BFN2O3/c19-12-2-1-11-9-21(15(18(23)24)13(11)7-12)16(22)14(20)17-5-3-10(8-17)4-6-17/h1-2,7,10,14-15,23-24H,3-6,8-9,20H2. The van der Waals surface area contributed by atoms with Gasteiger partial charge in [0.05, 0.1) is 12.0 Å². The smallest absolute Gasteiger partial charge is 0.426 e. The number of hydrogen-bond donors (Lipinski definition) is 3. The molecule has 7 heteroatoms. The Labute approximate surface area is 140 Å². The van der Waals surface area contributed by atoms with E-state index in [2.05, 4.69) is 0 Å². The largest absolute Gasteiger partial charge is 0.480 e. The average molecular weight is 332 g/mol. The number of carbonyl (C=O) groups excluding carboxylic acids is 1. The van der Waals surface area contributed by atoms with Crippen molar-refractivity contribution in [3.8, 4) is 0 Å². The van der Waals surface area contributed by atoms with Crippen molar-refractivity contribution in [3.63, 3.8) is 0 Å². The Morgan fingerprint density at radius 1 is 1.38 bits per heavy atom. The number of nitrogens with zero attached hydrogens (tertiary/aromatic N) is 1. The molecule has 5 nitrogen and oxygen atoms in total. The van der Waals surface area contributed by atoms with Crippen molar-refractivity contribution in [1.29, 1.82) is 0 Å². The first-order chi connectivity index (χ1) is 11.4. The van der Waals surface area contributed by atoms with Crippen molar-refractivity contribution in [2.75, 3.05) is 0 Å². The molecule has 0 radical (unpaired) electrons. The summed E-state index contributed by atoms with van der Waals surface area (Å²) in [6.07, 6.45) is 5.16. The van der Waals surface area contributed by atoms with Gasteiger partial charge in [0.2, 0.25) is 5.91 Å². The van der Waals surface area contributed by atoms with Crippen LogP contribution in [0.15, 0.2) is 18.2 Å². The summed E-state index contributed by atoms with van der Waals surface area (Å²) < 4.78 is 13.6. The van der Waals surface area contributed by atoms with Crippen LogP contribution < -0.4 is 5.73 Å². The molecule has 2 bridgehead atoms. The van der Waals surface area contributed by atoms with Gasteiger partial charge < -0.3 is 20.7 Å². The van der Waals surface area contributed by atoms with E-state index in [1.54, 1.807) is 6.07 Å². The molecular formula is C17H22BFN2O3. The van der Waals surface area contributed by atoms with Crippen LogP contribution in [0.4, 0.5) is 4.39 Å². The van der Waals surface area contributed by atoms with Gasteiger partial charge >= 0.3 is 7.12 Å². The quantitative estimate of drug-likeness (QED) is 0.724. The zero-order valence-corrected chi connectivity index (χ0v) is 13.5. The van der Waals surface area contributed by atoms with Crippen molar-refractivity contribution >= 4 is 13.0 Å². The number of fused-ring (bicyclic) bond motifs is 3. The summed E-state index contributed by atoms with van der Waals surface area (Å²) in [7, 11) is -1.76. The molecule has 2 atom stereocenters. The minimum absolute atomic E-state index is 0.146. The van der Waals surface area contributed by atoms with Crippen LogP contribution in [0.5, 0.6) is 0 Å². The molecule has 2 aliphatic carbocycles. The zero-order valence-electron chi connectivity index (χ0n) is 13.5. The van der Waals surface area contributed by atoms with E-state index in [1.165, 1.54) is 17.0 Å². The molecule has 1 amide bonds. The van der Waals surface area contributed by atoms with Gasteiger partial charge in [-0.1, -0.05) is 6.07 Å². The number of amides is 1. The number of carbonyl (C=O) groups is 1. The fourth-order valence-corrected chi connectivity index (χ4v) is 5.09. The van der Waals surface area contributed by atoms with E-state index in [-0.39, 0.29) is 17.9 Å². The minimum Gasteiger partial charge on any atom is -0.426 e. The third-order valence-electron chi connectivity index (χ3n) is 6.39. The van der Waals surface area contributed by atoms with Crippen LogP contribution >= 0.6 is 0 Å². The second-order valence-electron chi connectivity index (χ2n) is 7.66. The lowest BCUT2D eigenvalue weighted by molar-refractivity contribution is -0.137. The highest BCUT2D eigenvalue weighted by Crippen LogP contribution is 2.56. The van der Waals surface area contributed by atoms with E-state index >= 15 is 0 Å². The minimum atomic E-state index is -1.76. The second kappa shape index (κ2) is 5.54. The Morgan fingerprint density at radius 3 is 2.67 bits per heavy atom. The van der Waals surface area contributed by atoms with E-state index in [1.807, 2.05) is 0 Å². The molecule has 1 heterocycles. The predicted molar refractivity (Wildman–Crippen MR) is 86.9 cm³/mol. The molecule has 0 aromatic heterocycles. The molecule has 2 fully saturated rings. The Kier molecular flexibility index (Phi) is 3.71. The van der Waals surface area contributed by atoms with Gasteiger partial charge in [-0.15, -0.1) is 0 Å². The highest BCUT2D eigenvalue weighted by molar-refractivity contribution is 6.43. The Hall–Kier alpha value is -1.44. The Balaban J connectivity index is 1.62. The predicted octanol–water partition coefficient (Wildman–Crippen LogP) is 1.13. The van der Waals surface area contributed by atoms with Crippen LogP contribution in [-0.2, 0) is 11.3 Å². The van der Waals surface area contributed by atoms with E-state index in [9.17, 15) is 19.2 Å². The number of hydrogen-bond acceptors (Lipinski definition) is 4. The highest BCUT2D eigenvalue weighted by atomic mass is 19.1. The van der Waals surface area contributed by atoms with E-state index < -0.39 is 24.9 Å². The number of nitrogens with two attached hydrogens (primary N) is 1. The summed E-state index contributed by atoms with van der Waals surface area (Å²) in [6.45, 7) is 0.240. The van der Waals surface area contributed by atoms with Gasteiger partial charge in [-0.05, 0) is 66.7 Å². The van der Waals surface area contributed by atoms with E-state index in [4.69, 9.17) is 5.73 Å². The lowest BCUT2D eigenvalue weighted by Gasteiger charge is -2.36. The molecule has 24 heavy (non-hydrogen) atoms. The number of benzene rings is 1. The summed E-state index contributed by atoms with van der Waals surface area (Å²) in [4.78, 5) is 14.5. The maximum Gasteiger partial charge on any atom is 0.480 e. The molecule has 0 spiro atoms. The van der Waals surface area contributed by atoms with Crippen LogP contribution in [0.25, 0.3) is 0 Å². The SMILES string of the molecule is NC(C(=O)N1Cc2ccc(F)cc2C1B(O)O)C12CCC(CC1)C2. The average Bonchev–Trinajstić information content (AvgIpc) is 3.25. The van der Waals surface area contributed by atoms with Gasteiger partial charge in [0.1, 0.15) is 5.82 Å². The van der Waals surface area contributed by atoms with Crippen molar-refractivity contribution in [1.82, 2.24) is 4.90 Å². The maximum absolute atomic E-state index is 13.6. The number of rotatable bonds is 3. The lowest BCUT2D eigenvalue weighted by atomic mass is 9.73. The van der Waals surface area contributed by atoms with E-state index in [0.717, 1.165) is 37.7 Å². The maximum atomic E-state index is 13.6. The third-order valence-corrected chi connectivity index (χ3v) is 6.39. The van der Waals surface area contributed by atoms with Crippen LogP contribution in [0.2, 0.25) is 0 Å². The van der Waals surface area contributed by atoms with Gasteiger partial charge in [-0.25, -0.2) is 4.39 Å². The van der Waals surface area contributed by atoms with E-state index in [0.29, 0.717) is 11.5 Å². The van der Waals surface area contributed by atoms with Crippen molar-refractivity contribution in [2.45, 2.75) is 50.6 Å². The highest BCUT2D eigenvalue weighted by Gasteiger charge is 2.53. The van der Waals surface area contributed by atoms with Crippen molar-refractivity contribution in [3.05, 3.63) is 35.1 Å². The summed E-state index contributed by atoms with van der Waals surface area (Å²) in [5, 5.41) is 19.6. The van der Waals surface area contributed by atoms with Gasteiger partial charge in [0.25, 0.3) is 0 Å².